The lowest BCUT2D eigenvalue weighted by molar-refractivity contribution is -0.120. The van der Waals surface area contributed by atoms with E-state index in [-0.39, 0.29) is 18.2 Å². The van der Waals surface area contributed by atoms with Gasteiger partial charge in [-0.25, -0.2) is 17.4 Å². The molecule has 4 rings (SSSR count). The third-order valence-electron chi connectivity index (χ3n) is 5.48. The molecule has 1 amide bonds. The van der Waals surface area contributed by atoms with Gasteiger partial charge in [0.05, 0.1) is 17.4 Å². The summed E-state index contributed by atoms with van der Waals surface area (Å²) in [5.74, 6) is -0.183. The Hall–Kier alpha value is -2.97. The van der Waals surface area contributed by atoms with Gasteiger partial charge in [-0.1, -0.05) is 48.5 Å². The van der Waals surface area contributed by atoms with Gasteiger partial charge < -0.3 is 5.32 Å². The van der Waals surface area contributed by atoms with Crippen LogP contribution in [0.15, 0.2) is 66.7 Å². The van der Waals surface area contributed by atoms with E-state index < -0.39 is 15.9 Å². The number of amides is 1. The van der Waals surface area contributed by atoms with E-state index in [1.807, 2.05) is 61.5 Å². The molecule has 1 atom stereocenters. The predicted molar refractivity (Wildman–Crippen MR) is 120 cm³/mol. The van der Waals surface area contributed by atoms with Gasteiger partial charge in [0.2, 0.25) is 15.9 Å². The number of hydrogen-bond donors (Lipinski definition) is 1. The normalized spacial score (nSPS) is 17.4. The average molecular weight is 439 g/mol. The minimum absolute atomic E-state index is 0.0527. The topological polar surface area (TPSA) is 84.3 Å². The van der Waals surface area contributed by atoms with E-state index in [1.54, 1.807) is 16.8 Å². The van der Waals surface area contributed by atoms with Crippen molar-refractivity contribution in [1.29, 1.82) is 0 Å². The molecule has 1 aliphatic heterocycles. The number of aromatic nitrogens is 2. The molecule has 0 bridgehead atoms. The minimum Gasteiger partial charge on any atom is -0.309 e. The first-order chi connectivity index (χ1) is 14.9. The Balaban J connectivity index is 1.42. The third-order valence-corrected chi connectivity index (χ3v) is 7.30. The zero-order chi connectivity index (χ0) is 21.8. The summed E-state index contributed by atoms with van der Waals surface area (Å²) in [6, 6.07) is 20.6. The quantitative estimate of drug-likeness (QED) is 0.640. The number of para-hydroxylation sites is 1. The molecule has 8 heteroatoms. The molecule has 0 saturated carbocycles. The smallest absolute Gasteiger partial charge is 0.230 e. The van der Waals surface area contributed by atoms with Gasteiger partial charge in [0.15, 0.2) is 5.82 Å². The summed E-state index contributed by atoms with van der Waals surface area (Å²) in [5, 5.41) is 7.36. The highest BCUT2D eigenvalue weighted by molar-refractivity contribution is 7.88. The van der Waals surface area contributed by atoms with E-state index in [0.29, 0.717) is 25.2 Å². The molecular formula is C23H26N4O3S. The first-order valence-electron chi connectivity index (χ1n) is 10.4. The van der Waals surface area contributed by atoms with Crippen molar-refractivity contribution in [2.75, 3.05) is 18.4 Å². The lowest BCUT2D eigenvalue weighted by Gasteiger charge is -2.31. The van der Waals surface area contributed by atoms with Gasteiger partial charge in [-0.2, -0.15) is 0 Å². The van der Waals surface area contributed by atoms with Crippen LogP contribution in [-0.4, -0.2) is 41.5 Å². The van der Waals surface area contributed by atoms with Gasteiger partial charge in [0.1, 0.15) is 0 Å². The Labute approximate surface area is 182 Å². The van der Waals surface area contributed by atoms with Crippen LogP contribution in [0.5, 0.6) is 0 Å². The number of rotatable bonds is 6. The monoisotopic (exact) mass is 438 g/mol. The highest BCUT2D eigenvalue weighted by Crippen LogP contribution is 2.23. The molecule has 1 aromatic heterocycles. The van der Waals surface area contributed by atoms with Gasteiger partial charge in [-0.15, -0.1) is 5.10 Å². The molecule has 1 unspecified atom stereocenters. The van der Waals surface area contributed by atoms with Crippen LogP contribution in [0.4, 0.5) is 5.82 Å². The maximum absolute atomic E-state index is 12.9. The van der Waals surface area contributed by atoms with Crippen molar-refractivity contribution in [3.8, 4) is 5.69 Å². The molecular weight excluding hydrogens is 412 g/mol. The van der Waals surface area contributed by atoms with Gasteiger partial charge in [0.25, 0.3) is 0 Å². The van der Waals surface area contributed by atoms with Crippen LogP contribution in [0.2, 0.25) is 0 Å². The Morgan fingerprint density at radius 1 is 1.10 bits per heavy atom. The number of benzene rings is 2. The number of carbonyl (C=O) groups excluding carboxylic acids is 1. The second-order valence-corrected chi connectivity index (χ2v) is 9.82. The van der Waals surface area contributed by atoms with E-state index in [4.69, 9.17) is 0 Å². The molecule has 0 aliphatic carbocycles. The maximum atomic E-state index is 12.9. The highest BCUT2D eigenvalue weighted by atomic mass is 32.2. The minimum atomic E-state index is -3.48. The van der Waals surface area contributed by atoms with E-state index in [9.17, 15) is 13.2 Å². The van der Waals surface area contributed by atoms with Gasteiger partial charge in [0, 0.05) is 24.8 Å². The number of nitrogens with zero attached hydrogens (tertiary/aromatic N) is 3. The Kier molecular flexibility index (Phi) is 6.20. The summed E-state index contributed by atoms with van der Waals surface area (Å²) >= 11 is 0. The summed E-state index contributed by atoms with van der Waals surface area (Å²) in [4.78, 5) is 12.9. The first-order valence-corrected chi connectivity index (χ1v) is 12.0. The number of carbonyl (C=O) groups is 1. The van der Waals surface area contributed by atoms with Crippen LogP contribution in [-0.2, 0) is 20.6 Å². The SMILES string of the molecule is Cc1cc(NC(=O)C2CCCN(S(=O)(=O)Cc3ccccc3)C2)nn1-c1ccccc1. The molecule has 7 nitrogen and oxygen atoms in total. The number of hydrogen-bond acceptors (Lipinski definition) is 4. The molecule has 1 fully saturated rings. The largest absolute Gasteiger partial charge is 0.309 e. The lowest BCUT2D eigenvalue weighted by atomic mass is 9.99. The second-order valence-electron chi connectivity index (χ2n) is 7.85. The van der Waals surface area contributed by atoms with Crippen LogP contribution in [0.1, 0.15) is 24.1 Å². The number of anilines is 1. The number of piperidine rings is 1. The van der Waals surface area contributed by atoms with Crippen molar-refractivity contribution in [2.24, 2.45) is 5.92 Å². The third kappa shape index (κ3) is 5.03. The van der Waals surface area contributed by atoms with E-state index in [1.165, 1.54) is 4.31 Å². The Bertz CT molecular complexity index is 1140. The Morgan fingerprint density at radius 3 is 2.48 bits per heavy atom. The van der Waals surface area contributed by atoms with Crippen LogP contribution >= 0.6 is 0 Å². The zero-order valence-electron chi connectivity index (χ0n) is 17.4. The molecule has 3 aromatic rings. The van der Waals surface area contributed by atoms with Gasteiger partial charge in [-0.05, 0) is 37.5 Å². The predicted octanol–water partition coefficient (Wildman–Crippen LogP) is 3.36. The second kappa shape index (κ2) is 9.03. The Morgan fingerprint density at radius 2 is 1.77 bits per heavy atom. The number of aryl methyl sites for hydroxylation is 1. The van der Waals surface area contributed by atoms with Crippen molar-refractivity contribution in [1.82, 2.24) is 14.1 Å². The van der Waals surface area contributed by atoms with Crippen LogP contribution < -0.4 is 5.32 Å². The zero-order valence-corrected chi connectivity index (χ0v) is 18.3. The molecule has 162 valence electrons. The summed E-state index contributed by atoms with van der Waals surface area (Å²) in [5.41, 5.74) is 2.56. The fourth-order valence-corrected chi connectivity index (χ4v) is 5.49. The van der Waals surface area contributed by atoms with Crippen molar-refractivity contribution < 1.29 is 13.2 Å². The van der Waals surface area contributed by atoms with Gasteiger partial charge in [-0.3, -0.25) is 4.79 Å². The van der Waals surface area contributed by atoms with Crippen LogP contribution in [0, 0.1) is 12.8 Å². The first kappa shape index (κ1) is 21.3. The van der Waals surface area contributed by atoms with Crippen LogP contribution in [0.25, 0.3) is 5.69 Å². The van der Waals surface area contributed by atoms with Crippen molar-refractivity contribution in [3.63, 3.8) is 0 Å². The molecule has 0 radical (unpaired) electrons. The summed E-state index contributed by atoms with van der Waals surface area (Å²) in [7, 11) is -3.48. The molecule has 1 aliphatic rings. The molecule has 1 N–H and O–H groups in total. The van der Waals surface area contributed by atoms with Crippen molar-refractivity contribution in [2.45, 2.75) is 25.5 Å². The maximum Gasteiger partial charge on any atom is 0.230 e. The fraction of sp³-hybridized carbons (Fsp3) is 0.304. The molecule has 1 saturated heterocycles. The lowest BCUT2D eigenvalue weighted by Crippen LogP contribution is -2.44. The standard InChI is InChI=1S/C23H26N4O3S/c1-18-15-22(25-27(18)21-12-6-3-7-13-21)24-23(28)20-11-8-14-26(16-20)31(29,30)17-19-9-4-2-5-10-19/h2-7,9-10,12-13,15,20H,8,11,14,16-17H2,1H3,(H,24,25,28). The van der Waals surface area contributed by atoms with Gasteiger partial charge >= 0.3 is 0 Å². The van der Waals surface area contributed by atoms with E-state index in [2.05, 4.69) is 10.4 Å². The highest BCUT2D eigenvalue weighted by Gasteiger charge is 2.32. The molecule has 31 heavy (non-hydrogen) atoms. The molecule has 2 aromatic carbocycles. The molecule has 0 spiro atoms. The number of nitrogens with one attached hydrogen (secondary N) is 1. The van der Waals surface area contributed by atoms with Crippen molar-refractivity contribution in [3.05, 3.63) is 78.0 Å². The average Bonchev–Trinajstić information content (AvgIpc) is 3.14. The number of sulfonamides is 1. The van der Waals surface area contributed by atoms with E-state index >= 15 is 0 Å². The summed E-state index contributed by atoms with van der Waals surface area (Å²) in [6.07, 6.45) is 1.31. The van der Waals surface area contributed by atoms with Crippen LogP contribution in [0.3, 0.4) is 0 Å². The summed E-state index contributed by atoms with van der Waals surface area (Å²) in [6.45, 7) is 2.56. The fourth-order valence-electron chi connectivity index (χ4n) is 3.88. The van der Waals surface area contributed by atoms with E-state index in [0.717, 1.165) is 16.9 Å². The molecule has 2 heterocycles. The van der Waals surface area contributed by atoms with Crippen molar-refractivity contribution >= 4 is 21.7 Å². The summed E-state index contributed by atoms with van der Waals surface area (Å²) < 4.78 is 28.9.